The van der Waals surface area contributed by atoms with E-state index in [9.17, 15) is 28.3 Å². The molecule has 4 rings (SSSR count). The van der Waals surface area contributed by atoms with Crippen LogP contribution < -0.4 is 10.6 Å². The van der Waals surface area contributed by atoms with Crippen molar-refractivity contribution in [3.8, 4) is 11.1 Å². The molecular formula is C22H16F2N4O4. The molecule has 1 aromatic heterocycles. The first-order valence-electron chi connectivity index (χ1n) is 9.51. The van der Waals surface area contributed by atoms with Gasteiger partial charge in [0, 0.05) is 17.2 Å². The van der Waals surface area contributed by atoms with Crippen LogP contribution in [0.5, 0.6) is 0 Å². The van der Waals surface area contributed by atoms with Gasteiger partial charge in [-0.05, 0) is 30.2 Å². The molecule has 162 valence electrons. The highest BCUT2D eigenvalue weighted by atomic mass is 19.1. The molecule has 0 radical (unpaired) electrons. The Hall–Kier alpha value is -4.05. The minimum Gasteiger partial charge on any atom is -0.378 e. The summed E-state index contributed by atoms with van der Waals surface area (Å²) in [5.41, 5.74) is 1.46. The van der Waals surface area contributed by atoms with Gasteiger partial charge in [0.1, 0.15) is 17.7 Å². The molecule has 0 spiro atoms. The first-order valence-corrected chi connectivity index (χ1v) is 9.51. The predicted octanol–water partition coefficient (Wildman–Crippen LogP) is 2.14. The normalized spacial score (nSPS) is 13.7. The molecule has 0 fully saturated rings. The number of carbonyl (C=O) groups excluding carboxylic acids is 3. The predicted molar refractivity (Wildman–Crippen MR) is 108 cm³/mol. The number of halogens is 2. The van der Waals surface area contributed by atoms with Gasteiger partial charge in [-0.25, -0.2) is 8.78 Å². The summed E-state index contributed by atoms with van der Waals surface area (Å²) in [5, 5.41) is 22.6. The van der Waals surface area contributed by atoms with Gasteiger partial charge in [0.15, 0.2) is 17.7 Å². The van der Waals surface area contributed by atoms with Gasteiger partial charge in [-0.1, -0.05) is 24.3 Å². The van der Waals surface area contributed by atoms with Crippen LogP contribution in [0.1, 0.15) is 34.5 Å². The highest BCUT2D eigenvalue weighted by molar-refractivity contribution is 6.23. The summed E-state index contributed by atoms with van der Waals surface area (Å²) in [5.74, 6) is -3.83. The van der Waals surface area contributed by atoms with Crippen molar-refractivity contribution in [3.63, 3.8) is 0 Å². The first kappa shape index (κ1) is 21.2. The van der Waals surface area contributed by atoms with E-state index in [2.05, 4.69) is 20.8 Å². The number of amides is 2. The molecule has 10 heteroatoms. The number of anilines is 1. The Bertz CT molecular complexity index is 1240. The van der Waals surface area contributed by atoms with E-state index >= 15 is 0 Å². The lowest BCUT2D eigenvalue weighted by molar-refractivity contribution is -0.132. The van der Waals surface area contributed by atoms with Crippen LogP contribution >= 0.6 is 0 Å². The second kappa shape index (κ2) is 8.23. The van der Waals surface area contributed by atoms with E-state index in [1.54, 1.807) is 24.3 Å². The third-order valence-electron chi connectivity index (χ3n) is 4.98. The Balaban J connectivity index is 1.50. The minimum atomic E-state index is -1.89. The molecule has 3 N–H and O–H groups in total. The lowest BCUT2D eigenvalue weighted by Gasteiger charge is -2.17. The number of aliphatic hydroxyl groups excluding tert-OH is 1. The van der Waals surface area contributed by atoms with Crippen LogP contribution in [0.3, 0.4) is 0 Å². The average molecular weight is 438 g/mol. The summed E-state index contributed by atoms with van der Waals surface area (Å²) in [4.78, 5) is 37.4. The Morgan fingerprint density at radius 3 is 2.34 bits per heavy atom. The molecule has 1 heterocycles. The van der Waals surface area contributed by atoms with Crippen molar-refractivity contribution in [1.82, 2.24) is 15.5 Å². The number of carbonyl (C=O) groups is 3. The van der Waals surface area contributed by atoms with Crippen molar-refractivity contribution in [1.29, 1.82) is 0 Å². The molecule has 8 nitrogen and oxygen atoms in total. The summed E-state index contributed by atoms with van der Waals surface area (Å²) < 4.78 is 26.7. The SMILES string of the molecule is C[C@H](NC(=O)[C@@H](O)c1cc(F)cc(F)c1)C(=O)Nc1nncc2c1-c1ccccc1C2=O. The molecule has 2 amide bonds. The van der Waals surface area contributed by atoms with E-state index in [-0.39, 0.29) is 22.7 Å². The second-order valence-electron chi connectivity index (χ2n) is 7.18. The van der Waals surface area contributed by atoms with Crippen LogP contribution in [0.15, 0.2) is 48.7 Å². The molecular weight excluding hydrogens is 422 g/mol. The lowest BCUT2D eigenvalue weighted by Crippen LogP contribution is -2.43. The van der Waals surface area contributed by atoms with Crippen LogP contribution in [0.2, 0.25) is 0 Å². The van der Waals surface area contributed by atoms with Gasteiger partial charge < -0.3 is 15.7 Å². The third kappa shape index (κ3) is 3.83. The Morgan fingerprint density at radius 1 is 1.00 bits per heavy atom. The molecule has 1 aliphatic carbocycles. The van der Waals surface area contributed by atoms with E-state index < -0.39 is 35.6 Å². The topological polar surface area (TPSA) is 121 Å². The molecule has 0 aliphatic heterocycles. The summed E-state index contributed by atoms with van der Waals surface area (Å²) in [6, 6.07) is 7.92. The standard InChI is InChI=1S/C22H16F2N4O4/c1-10(26-22(32)18(29)11-6-12(23)8-13(24)7-11)21(31)27-20-17-14-4-2-3-5-15(14)19(30)16(17)9-25-28-20/h2-10,18,29H,1H3,(H,26,32)(H,27,28,31)/t10-,18-/m0/s1. The largest absolute Gasteiger partial charge is 0.378 e. The van der Waals surface area contributed by atoms with Gasteiger partial charge in [-0.3, -0.25) is 14.4 Å². The Labute approximate surface area is 180 Å². The van der Waals surface area contributed by atoms with Gasteiger partial charge in [0.25, 0.3) is 5.91 Å². The summed E-state index contributed by atoms with van der Waals surface area (Å²) in [6.07, 6.45) is -0.576. The molecule has 0 saturated heterocycles. The Morgan fingerprint density at radius 2 is 1.66 bits per heavy atom. The molecule has 32 heavy (non-hydrogen) atoms. The van der Waals surface area contributed by atoms with E-state index in [1.165, 1.54) is 13.1 Å². The van der Waals surface area contributed by atoms with Crippen LogP contribution in [-0.2, 0) is 9.59 Å². The maximum absolute atomic E-state index is 13.3. The number of hydrogen-bond acceptors (Lipinski definition) is 6. The van der Waals surface area contributed by atoms with Crippen LogP contribution in [-0.4, -0.2) is 38.9 Å². The molecule has 2 atom stereocenters. The van der Waals surface area contributed by atoms with Gasteiger partial charge >= 0.3 is 0 Å². The van der Waals surface area contributed by atoms with E-state index in [4.69, 9.17) is 0 Å². The van der Waals surface area contributed by atoms with Gasteiger partial charge in [0.2, 0.25) is 5.91 Å². The highest BCUT2D eigenvalue weighted by Gasteiger charge is 2.31. The van der Waals surface area contributed by atoms with E-state index in [0.717, 1.165) is 12.1 Å². The van der Waals surface area contributed by atoms with E-state index in [0.29, 0.717) is 22.8 Å². The number of nitrogens with zero attached hydrogens (tertiary/aromatic N) is 2. The highest BCUT2D eigenvalue weighted by Crippen LogP contribution is 2.39. The zero-order chi connectivity index (χ0) is 23.0. The number of ketones is 1. The van der Waals surface area contributed by atoms with Gasteiger partial charge in [-0.2, -0.15) is 5.10 Å². The smallest absolute Gasteiger partial charge is 0.254 e. The molecule has 1 aliphatic rings. The van der Waals surface area contributed by atoms with Crippen molar-refractivity contribution in [2.75, 3.05) is 5.32 Å². The lowest BCUT2D eigenvalue weighted by atomic mass is 10.1. The number of hydrogen-bond donors (Lipinski definition) is 3. The van der Waals surface area contributed by atoms with Gasteiger partial charge in [-0.15, -0.1) is 5.10 Å². The van der Waals surface area contributed by atoms with Gasteiger partial charge in [0.05, 0.1) is 11.8 Å². The monoisotopic (exact) mass is 438 g/mol. The fraction of sp³-hybridized carbons (Fsp3) is 0.136. The number of nitrogens with one attached hydrogen (secondary N) is 2. The average Bonchev–Trinajstić information content (AvgIpc) is 3.05. The maximum atomic E-state index is 13.3. The minimum absolute atomic E-state index is 0.0413. The molecule has 2 aromatic carbocycles. The zero-order valence-electron chi connectivity index (χ0n) is 16.6. The number of aromatic nitrogens is 2. The number of fused-ring (bicyclic) bond motifs is 3. The number of benzene rings is 2. The zero-order valence-corrected chi connectivity index (χ0v) is 16.6. The fourth-order valence-corrected chi connectivity index (χ4v) is 3.43. The molecule has 0 bridgehead atoms. The van der Waals surface area contributed by atoms with Crippen LogP contribution in [0.25, 0.3) is 11.1 Å². The van der Waals surface area contributed by atoms with E-state index in [1.807, 2.05) is 0 Å². The second-order valence-corrected chi connectivity index (χ2v) is 7.18. The summed E-state index contributed by atoms with van der Waals surface area (Å²) in [6.45, 7) is 1.35. The third-order valence-corrected chi connectivity index (χ3v) is 4.98. The van der Waals surface area contributed by atoms with Crippen molar-refractivity contribution in [2.45, 2.75) is 19.1 Å². The summed E-state index contributed by atoms with van der Waals surface area (Å²) >= 11 is 0. The number of aliphatic hydroxyl groups is 1. The quantitative estimate of drug-likeness (QED) is 0.439. The van der Waals surface area contributed by atoms with Crippen molar-refractivity contribution in [2.24, 2.45) is 0 Å². The maximum Gasteiger partial charge on any atom is 0.254 e. The number of rotatable bonds is 5. The molecule has 3 aromatic rings. The van der Waals surface area contributed by atoms with Crippen molar-refractivity contribution < 1.29 is 28.3 Å². The molecule has 0 unspecified atom stereocenters. The first-order chi connectivity index (χ1) is 15.3. The van der Waals surface area contributed by atoms with Crippen LogP contribution in [0.4, 0.5) is 14.6 Å². The summed E-state index contributed by atoms with van der Waals surface area (Å²) in [7, 11) is 0. The Kier molecular flexibility index (Phi) is 5.45. The van der Waals surface area contributed by atoms with Crippen molar-refractivity contribution >= 4 is 23.4 Å². The fourth-order valence-electron chi connectivity index (χ4n) is 3.43. The van der Waals surface area contributed by atoms with Crippen molar-refractivity contribution in [3.05, 3.63) is 77.0 Å². The molecule has 0 saturated carbocycles. The van der Waals surface area contributed by atoms with Crippen LogP contribution in [0, 0.1) is 11.6 Å².